The lowest BCUT2D eigenvalue weighted by Gasteiger charge is -2.30. The molecule has 0 saturated heterocycles. The Morgan fingerprint density at radius 3 is 2.75 bits per heavy atom. The Morgan fingerprint density at radius 1 is 1.25 bits per heavy atom. The number of benzene rings is 1. The molecule has 1 aliphatic carbocycles. The van der Waals surface area contributed by atoms with Crippen molar-refractivity contribution in [1.29, 1.82) is 0 Å². The van der Waals surface area contributed by atoms with Crippen LogP contribution in [0.1, 0.15) is 39.5 Å². The summed E-state index contributed by atoms with van der Waals surface area (Å²) in [5.74, 6) is 1.07. The monoisotopic (exact) mass is 345 g/mol. The summed E-state index contributed by atoms with van der Waals surface area (Å²) >= 11 is 1.30. The molecule has 2 aromatic rings. The highest BCUT2D eigenvalue weighted by Crippen LogP contribution is 2.27. The molecule has 1 fully saturated rings. The molecule has 1 heterocycles. The van der Waals surface area contributed by atoms with Crippen molar-refractivity contribution in [2.75, 3.05) is 0 Å². The molecule has 1 aromatic heterocycles. The number of nitrogens with one attached hydrogen (secondary N) is 1. The summed E-state index contributed by atoms with van der Waals surface area (Å²) in [6.07, 6.45) is 4.72. The topological polar surface area (TPSA) is 68.0 Å². The fourth-order valence-electron chi connectivity index (χ4n) is 2.99. The van der Waals surface area contributed by atoms with E-state index in [4.69, 9.17) is 4.42 Å². The minimum absolute atomic E-state index is 0.0400. The Hall–Kier alpha value is -1.82. The predicted octanol–water partition coefficient (Wildman–Crippen LogP) is 3.91. The van der Waals surface area contributed by atoms with E-state index in [9.17, 15) is 4.79 Å². The predicted molar refractivity (Wildman–Crippen MR) is 94.6 cm³/mol. The van der Waals surface area contributed by atoms with Gasteiger partial charge in [0.15, 0.2) is 0 Å². The van der Waals surface area contributed by atoms with Crippen LogP contribution in [0.3, 0.4) is 0 Å². The SMILES string of the molecule is C[C@@H]1CCCC[C@H]1NC(=O)[C@@H](C)Sc1nnc(-c2ccccc2)o1. The summed E-state index contributed by atoms with van der Waals surface area (Å²) in [7, 11) is 0. The third kappa shape index (κ3) is 4.17. The number of amides is 1. The van der Waals surface area contributed by atoms with Crippen LogP contribution in [0.2, 0.25) is 0 Å². The summed E-state index contributed by atoms with van der Waals surface area (Å²) in [6.45, 7) is 4.09. The molecule has 24 heavy (non-hydrogen) atoms. The van der Waals surface area contributed by atoms with Gasteiger partial charge >= 0.3 is 0 Å². The molecule has 0 aliphatic heterocycles. The van der Waals surface area contributed by atoms with Crippen molar-refractivity contribution in [3.05, 3.63) is 30.3 Å². The Morgan fingerprint density at radius 2 is 2.00 bits per heavy atom. The van der Waals surface area contributed by atoms with E-state index in [1.165, 1.54) is 31.0 Å². The maximum Gasteiger partial charge on any atom is 0.277 e. The zero-order chi connectivity index (χ0) is 16.9. The van der Waals surface area contributed by atoms with E-state index >= 15 is 0 Å². The van der Waals surface area contributed by atoms with E-state index < -0.39 is 0 Å². The molecular weight excluding hydrogens is 322 g/mol. The second-order valence-corrected chi connectivity index (χ2v) is 7.67. The molecule has 3 rings (SSSR count). The number of carbonyl (C=O) groups is 1. The van der Waals surface area contributed by atoms with Gasteiger partial charge in [-0.3, -0.25) is 4.79 Å². The first-order chi connectivity index (χ1) is 11.6. The Balaban J connectivity index is 1.57. The molecule has 0 bridgehead atoms. The Labute approximate surface area is 146 Å². The molecule has 3 atom stereocenters. The fourth-order valence-corrected chi connectivity index (χ4v) is 3.68. The molecule has 1 saturated carbocycles. The minimum atomic E-state index is -0.261. The average molecular weight is 345 g/mol. The molecule has 6 heteroatoms. The van der Waals surface area contributed by atoms with Gasteiger partial charge in [-0.15, -0.1) is 10.2 Å². The van der Waals surface area contributed by atoms with Crippen LogP contribution < -0.4 is 5.32 Å². The zero-order valence-electron chi connectivity index (χ0n) is 14.1. The first-order valence-electron chi connectivity index (χ1n) is 8.49. The second-order valence-electron chi connectivity index (χ2n) is 6.38. The fraction of sp³-hybridized carbons (Fsp3) is 0.500. The number of rotatable bonds is 5. The normalized spacial score (nSPS) is 22.1. The van der Waals surface area contributed by atoms with E-state index in [1.54, 1.807) is 0 Å². The van der Waals surface area contributed by atoms with Gasteiger partial charge in [-0.1, -0.05) is 49.7 Å². The minimum Gasteiger partial charge on any atom is -0.411 e. The molecule has 5 nitrogen and oxygen atoms in total. The Kier molecular flexibility index (Phi) is 5.56. The standard InChI is InChI=1S/C18H23N3O2S/c1-12-8-6-7-11-15(12)19-16(22)13(2)24-18-21-20-17(23-18)14-9-4-3-5-10-14/h3-5,9-10,12-13,15H,6-8,11H2,1-2H3,(H,19,22)/t12-,13-,15-/m1/s1. The van der Waals surface area contributed by atoms with Gasteiger partial charge in [0.25, 0.3) is 5.22 Å². The van der Waals surface area contributed by atoms with Crippen LogP contribution in [0.5, 0.6) is 0 Å². The van der Waals surface area contributed by atoms with Crippen LogP contribution in [-0.2, 0) is 4.79 Å². The van der Waals surface area contributed by atoms with Crippen molar-refractivity contribution in [3.8, 4) is 11.5 Å². The molecule has 0 unspecified atom stereocenters. The van der Waals surface area contributed by atoms with Crippen LogP contribution in [0.25, 0.3) is 11.5 Å². The van der Waals surface area contributed by atoms with Crippen molar-refractivity contribution in [3.63, 3.8) is 0 Å². The summed E-state index contributed by atoms with van der Waals surface area (Å²) in [5.41, 5.74) is 0.880. The highest BCUT2D eigenvalue weighted by atomic mass is 32.2. The maximum atomic E-state index is 12.4. The van der Waals surface area contributed by atoms with E-state index in [-0.39, 0.29) is 17.2 Å². The number of aromatic nitrogens is 2. The molecule has 0 spiro atoms. The third-order valence-electron chi connectivity index (χ3n) is 4.51. The summed E-state index contributed by atoms with van der Waals surface area (Å²) in [6, 6.07) is 9.91. The van der Waals surface area contributed by atoms with Gasteiger partial charge < -0.3 is 9.73 Å². The number of hydrogen-bond donors (Lipinski definition) is 1. The van der Waals surface area contributed by atoms with Crippen molar-refractivity contribution < 1.29 is 9.21 Å². The Bertz CT molecular complexity index is 674. The van der Waals surface area contributed by atoms with E-state index in [0.717, 1.165) is 12.0 Å². The zero-order valence-corrected chi connectivity index (χ0v) is 14.9. The maximum absolute atomic E-state index is 12.4. The molecular formula is C18H23N3O2S. The summed E-state index contributed by atoms with van der Waals surface area (Å²) < 4.78 is 5.66. The van der Waals surface area contributed by atoms with Gasteiger partial charge in [-0.05, 0) is 37.8 Å². The smallest absolute Gasteiger partial charge is 0.277 e. The first-order valence-corrected chi connectivity index (χ1v) is 9.37. The third-order valence-corrected chi connectivity index (χ3v) is 5.45. The van der Waals surface area contributed by atoms with Crippen molar-refractivity contribution in [2.45, 2.75) is 56.0 Å². The lowest BCUT2D eigenvalue weighted by Crippen LogP contribution is -2.44. The number of carbonyl (C=O) groups excluding carboxylic acids is 1. The van der Waals surface area contributed by atoms with Gasteiger partial charge in [0.05, 0.1) is 5.25 Å². The van der Waals surface area contributed by atoms with Crippen molar-refractivity contribution >= 4 is 17.7 Å². The lowest BCUT2D eigenvalue weighted by molar-refractivity contribution is -0.121. The molecule has 128 valence electrons. The molecule has 1 N–H and O–H groups in total. The largest absolute Gasteiger partial charge is 0.411 e. The number of nitrogens with zero attached hydrogens (tertiary/aromatic N) is 2. The summed E-state index contributed by atoms with van der Waals surface area (Å²) in [4.78, 5) is 12.4. The highest BCUT2D eigenvalue weighted by Gasteiger charge is 2.26. The van der Waals surface area contributed by atoms with Crippen LogP contribution in [0, 0.1) is 5.92 Å². The van der Waals surface area contributed by atoms with Gasteiger partial charge in [0.1, 0.15) is 0 Å². The molecule has 0 radical (unpaired) electrons. The number of thioether (sulfide) groups is 1. The second kappa shape index (κ2) is 7.83. The van der Waals surface area contributed by atoms with Crippen LogP contribution in [0.15, 0.2) is 40.0 Å². The molecule has 1 amide bonds. The van der Waals surface area contributed by atoms with E-state index in [2.05, 4.69) is 22.4 Å². The van der Waals surface area contributed by atoms with Crippen LogP contribution >= 0.6 is 11.8 Å². The van der Waals surface area contributed by atoms with Crippen LogP contribution in [-0.4, -0.2) is 27.4 Å². The molecule has 1 aromatic carbocycles. The van der Waals surface area contributed by atoms with E-state index in [1.807, 2.05) is 37.3 Å². The van der Waals surface area contributed by atoms with Crippen molar-refractivity contribution in [1.82, 2.24) is 15.5 Å². The van der Waals surface area contributed by atoms with Crippen LogP contribution in [0.4, 0.5) is 0 Å². The highest BCUT2D eigenvalue weighted by molar-refractivity contribution is 8.00. The van der Waals surface area contributed by atoms with Gasteiger partial charge in [-0.2, -0.15) is 0 Å². The summed E-state index contributed by atoms with van der Waals surface area (Å²) in [5, 5.41) is 11.4. The number of hydrogen-bond acceptors (Lipinski definition) is 5. The van der Waals surface area contributed by atoms with Gasteiger partial charge in [0.2, 0.25) is 11.8 Å². The average Bonchev–Trinajstić information content (AvgIpc) is 3.06. The van der Waals surface area contributed by atoms with Crippen molar-refractivity contribution in [2.24, 2.45) is 5.92 Å². The van der Waals surface area contributed by atoms with E-state index in [0.29, 0.717) is 17.0 Å². The van der Waals surface area contributed by atoms with Gasteiger partial charge in [-0.25, -0.2) is 0 Å². The molecule has 1 aliphatic rings. The first kappa shape index (κ1) is 17.0. The lowest BCUT2D eigenvalue weighted by atomic mass is 9.86. The quantitative estimate of drug-likeness (QED) is 0.832. The van der Waals surface area contributed by atoms with Gasteiger partial charge in [0, 0.05) is 11.6 Å².